The van der Waals surface area contributed by atoms with E-state index >= 15 is 0 Å². The Morgan fingerprint density at radius 3 is 2.33 bits per heavy atom. The standard InChI is InChI=1S/C24H20Cl2N2O5/c1-2-31-21-5-3-4-6-22(21)32-15-23(29)28-27-14-16-7-10-18(11-8-16)33-24(30)19-12-9-17(25)13-20(19)26/h3-14H,2,15H2,1H3,(H,28,29). The third kappa shape index (κ3) is 7.24. The number of para-hydroxylation sites is 2. The second-order valence-electron chi connectivity index (χ2n) is 6.54. The van der Waals surface area contributed by atoms with Crippen LogP contribution < -0.4 is 19.6 Å². The van der Waals surface area contributed by atoms with E-state index in [1.165, 1.54) is 18.3 Å². The molecule has 0 atom stereocenters. The highest BCUT2D eigenvalue weighted by molar-refractivity contribution is 6.36. The Hall–Kier alpha value is -3.55. The molecule has 3 aromatic rings. The predicted octanol–water partition coefficient (Wildman–Crippen LogP) is 5.14. The number of amides is 1. The van der Waals surface area contributed by atoms with Crippen molar-refractivity contribution in [3.8, 4) is 17.2 Å². The van der Waals surface area contributed by atoms with E-state index in [0.717, 1.165) is 0 Å². The molecule has 0 aliphatic rings. The van der Waals surface area contributed by atoms with Crippen molar-refractivity contribution in [2.24, 2.45) is 5.10 Å². The van der Waals surface area contributed by atoms with Crippen molar-refractivity contribution < 1.29 is 23.8 Å². The quantitative estimate of drug-likeness (QED) is 0.196. The lowest BCUT2D eigenvalue weighted by Crippen LogP contribution is -2.24. The fourth-order valence-corrected chi connectivity index (χ4v) is 3.12. The maximum Gasteiger partial charge on any atom is 0.345 e. The third-order valence-electron chi connectivity index (χ3n) is 4.15. The van der Waals surface area contributed by atoms with Crippen LogP contribution in [0.15, 0.2) is 71.8 Å². The fraction of sp³-hybridized carbons (Fsp3) is 0.125. The molecule has 0 aliphatic heterocycles. The van der Waals surface area contributed by atoms with Gasteiger partial charge >= 0.3 is 5.97 Å². The molecule has 3 rings (SSSR count). The summed E-state index contributed by atoms with van der Waals surface area (Å²) in [5.74, 6) is 0.340. The van der Waals surface area contributed by atoms with Crippen molar-refractivity contribution in [3.63, 3.8) is 0 Å². The molecular weight excluding hydrogens is 467 g/mol. The van der Waals surface area contributed by atoms with Gasteiger partial charge in [-0.2, -0.15) is 5.10 Å². The van der Waals surface area contributed by atoms with Crippen molar-refractivity contribution in [2.45, 2.75) is 6.92 Å². The van der Waals surface area contributed by atoms with Gasteiger partial charge in [-0.15, -0.1) is 0 Å². The van der Waals surface area contributed by atoms with Crippen molar-refractivity contribution >= 4 is 41.3 Å². The number of nitrogens with zero attached hydrogens (tertiary/aromatic N) is 1. The maximum absolute atomic E-state index is 12.3. The molecule has 3 aromatic carbocycles. The lowest BCUT2D eigenvalue weighted by molar-refractivity contribution is -0.123. The number of carbonyl (C=O) groups excluding carboxylic acids is 2. The van der Waals surface area contributed by atoms with Gasteiger partial charge in [-0.25, -0.2) is 10.2 Å². The highest BCUT2D eigenvalue weighted by atomic mass is 35.5. The highest BCUT2D eigenvalue weighted by Gasteiger charge is 2.13. The van der Waals surface area contributed by atoms with Crippen molar-refractivity contribution in [3.05, 3.63) is 87.9 Å². The molecule has 0 saturated heterocycles. The van der Waals surface area contributed by atoms with E-state index in [9.17, 15) is 9.59 Å². The summed E-state index contributed by atoms with van der Waals surface area (Å²) in [4.78, 5) is 24.2. The summed E-state index contributed by atoms with van der Waals surface area (Å²) in [7, 11) is 0. The fourth-order valence-electron chi connectivity index (χ4n) is 2.64. The number of benzene rings is 3. The molecular formula is C24H20Cl2N2O5. The zero-order valence-electron chi connectivity index (χ0n) is 17.6. The SMILES string of the molecule is CCOc1ccccc1OCC(=O)NN=Cc1ccc(OC(=O)c2ccc(Cl)cc2Cl)cc1. The van der Waals surface area contributed by atoms with Gasteiger partial charge in [0.2, 0.25) is 0 Å². The van der Waals surface area contributed by atoms with E-state index in [1.54, 1.807) is 48.5 Å². The molecule has 0 unspecified atom stereocenters. The van der Waals surface area contributed by atoms with E-state index < -0.39 is 11.9 Å². The summed E-state index contributed by atoms with van der Waals surface area (Å²) in [5, 5.41) is 4.53. The van der Waals surface area contributed by atoms with Gasteiger partial charge in [-0.1, -0.05) is 35.3 Å². The van der Waals surface area contributed by atoms with Gasteiger partial charge in [-0.05, 0) is 67.1 Å². The van der Waals surface area contributed by atoms with E-state index in [-0.39, 0.29) is 17.2 Å². The molecule has 0 saturated carbocycles. The average Bonchev–Trinajstić information content (AvgIpc) is 2.80. The zero-order chi connectivity index (χ0) is 23.6. The third-order valence-corrected chi connectivity index (χ3v) is 4.70. The number of hydrazone groups is 1. The number of hydrogen-bond acceptors (Lipinski definition) is 6. The first-order valence-corrected chi connectivity index (χ1v) is 10.7. The number of ether oxygens (including phenoxy) is 3. The highest BCUT2D eigenvalue weighted by Crippen LogP contribution is 2.26. The van der Waals surface area contributed by atoms with Crippen LogP contribution in [0, 0.1) is 0 Å². The summed E-state index contributed by atoms with van der Waals surface area (Å²) in [5.41, 5.74) is 3.28. The molecule has 0 bridgehead atoms. The van der Waals surface area contributed by atoms with Crippen LogP contribution in [0.1, 0.15) is 22.8 Å². The molecule has 0 aliphatic carbocycles. The minimum absolute atomic E-state index is 0.206. The van der Waals surface area contributed by atoms with Gasteiger partial charge < -0.3 is 14.2 Å². The minimum Gasteiger partial charge on any atom is -0.490 e. The Bertz CT molecular complexity index is 1150. The molecule has 0 heterocycles. The molecule has 0 fully saturated rings. The van der Waals surface area contributed by atoms with Gasteiger partial charge in [0.15, 0.2) is 18.1 Å². The van der Waals surface area contributed by atoms with Gasteiger partial charge in [0.25, 0.3) is 5.91 Å². The van der Waals surface area contributed by atoms with Crippen LogP contribution in [0.4, 0.5) is 0 Å². The summed E-state index contributed by atoms with van der Waals surface area (Å²) >= 11 is 11.9. The smallest absolute Gasteiger partial charge is 0.345 e. The monoisotopic (exact) mass is 486 g/mol. The number of carbonyl (C=O) groups is 2. The Balaban J connectivity index is 1.49. The topological polar surface area (TPSA) is 86.2 Å². The van der Waals surface area contributed by atoms with Crippen LogP contribution in [0.2, 0.25) is 10.0 Å². The first-order chi connectivity index (χ1) is 16.0. The molecule has 7 nitrogen and oxygen atoms in total. The van der Waals surface area contributed by atoms with Crippen LogP contribution in [0.5, 0.6) is 17.2 Å². The normalized spacial score (nSPS) is 10.6. The summed E-state index contributed by atoms with van der Waals surface area (Å²) < 4.78 is 16.2. The lowest BCUT2D eigenvalue weighted by atomic mass is 10.2. The summed E-state index contributed by atoms with van der Waals surface area (Å²) in [6.07, 6.45) is 1.45. The molecule has 1 N–H and O–H groups in total. The second kappa shape index (κ2) is 11.9. The van der Waals surface area contributed by atoms with Crippen LogP contribution >= 0.6 is 23.2 Å². The van der Waals surface area contributed by atoms with Gasteiger partial charge in [0, 0.05) is 5.02 Å². The lowest BCUT2D eigenvalue weighted by Gasteiger charge is -2.10. The number of halogens is 2. The first kappa shape index (κ1) is 24.1. The van der Waals surface area contributed by atoms with Crippen LogP contribution in [-0.4, -0.2) is 31.3 Å². The largest absolute Gasteiger partial charge is 0.490 e. The molecule has 0 radical (unpaired) electrons. The Morgan fingerprint density at radius 2 is 1.67 bits per heavy atom. The number of esters is 1. The number of rotatable bonds is 9. The van der Waals surface area contributed by atoms with Gasteiger partial charge in [0.1, 0.15) is 5.75 Å². The van der Waals surface area contributed by atoms with E-state index in [0.29, 0.717) is 34.4 Å². The summed E-state index contributed by atoms with van der Waals surface area (Å²) in [6, 6.07) is 18.2. The van der Waals surface area contributed by atoms with Crippen molar-refractivity contribution in [1.82, 2.24) is 5.43 Å². The minimum atomic E-state index is -0.601. The molecule has 1 amide bonds. The molecule has 0 spiro atoms. The average molecular weight is 487 g/mol. The van der Waals surface area contributed by atoms with Crippen molar-refractivity contribution in [2.75, 3.05) is 13.2 Å². The maximum atomic E-state index is 12.3. The van der Waals surface area contributed by atoms with Gasteiger partial charge in [0.05, 0.1) is 23.4 Å². The first-order valence-electron chi connectivity index (χ1n) is 9.90. The molecule has 170 valence electrons. The van der Waals surface area contributed by atoms with E-state index in [1.807, 2.05) is 13.0 Å². The predicted molar refractivity (Wildman–Crippen MR) is 127 cm³/mol. The molecule has 33 heavy (non-hydrogen) atoms. The Labute approximate surface area is 200 Å². The van der Waals surface area contributed by atoms with Crippen molar-refractivity contribution in [1.29, 1.82) is 0 Å². The summed E-state index contributed by atoms with van der Waals surface area (Å²) in [6.45, 7) is 2.14. The van der Waals surface area contributed by atoms with Gasteiger partial charge in [-0.3, -0.25) is 4.79 Å². The Kier molecular flexibility index (Phi) is 8.69. The second-order valence-corrected chi connectivity index (χ2v) is 7.39. The Morgan fingerprint density at radius 1 is 0.970 bits per heavy atom. The molecule has 0 aromatic heterocycles. The molecule has 9 heteroatoms. The van der Waals surface area contributed by atoms with Crippen LogP contribution in [-0.2, 0) is 4.79 Å². The number of hydrogen-bond donors (Lipinski definition) is 1. The van der Waals surface area contributed by atoms with E-state index in [4.69, 9.17) is 37.4 Å². The van der Waals surface area contributed by atoms with E-state index in [2.05, 4.69) is 10.5 Å². The van der Waals surface area contributed by atoms with Crippen LogP contribution in [0.25, 0.3) is 0 Å². The van der Waals surface area contributed by atoms with Crippen LogP contribution in [0.3, 0.4) is 0 Å². The number of nitrogens with one attached hydrogen (secondary N) is 1. The zero-order valence-corrected chi connectivity index (χ0v) is 19.1.